The monoisotopic (exact) mass is 182 g/mol. The van der Waals surface area contributed by atoms with Crippen LogP contribution in [0.1, 0.15) is 27.2 Å². The van der Waals surface area contributed by atoms with Crippen LogP contribution in [0, 0.1) is 0 Å². The second-order valence-corrected chi connectivity index (χ2v) is 4.65. The number of nitrogens with zero attached hydrogens (tertiary/aromatic N) is 2. The Kier molecular flexibility index (Phi) is 2.24. The predicted molar refractivity (Wildman–Crippen MR) is 54.7 cm³/mol. The molecule has 0 saturated carbocycles. The zero-order chi connectivity index (χ0) is 10.3. The van der Waals surface area contributed by atoms with Crippen molar-refractivity contribution in [1.29, 1.82) is 0 Å². The number of hydrogen-bond acceptors (Lipinski definition) is 3. The Morgan fingerprint density at radius 1 is 1.46 bits per heavy atom. The van der Waals surface area contributed by atoms with Crippen LogP contribution in [0.5, 0.6) is 0 Å². The third-order valence-corrected chi connectivity index (χ3v) is 2.54. The van der Waals surface area contributed by atoms with E-state index in [-0.39, 0.29) is 5.54 Å². The van der Waals surface area contributed by atoms with Crippen molar-refractivity contribution in [2.75, 3.05) is 6.54 Å². The summed E-state index contributed by atoms with van der Waals surface area (Å²) >= 11 is 0. The van der Waals surface area contributed by atoms with Crippen molar-refractivity contribution in [1.82, 2.24) is 4.90 Å². The zero-order valence-electron chi connectivity index (χ0n) is 8.67. The average Bonchev–Trinajstić information content (AvgIpc) is 2.17. The minimum absolute atomic E-state index is 0.0816. The number of aliphatic hydroxyl groups is 1. The Morgan fingerprint density at radius 2 is 2.00 bits per heavy atom. The van der Waals surface area contributed by atoms with E-state index in [1.807, 2.05) is 11.8 Å². The van der Waals surface area contributed by atoms with Crippen LogP contribution < -0.4 is 0 Å². The molecule has 0 spiro atoms. The number of hydrogen-bond donors (Lipinski definition) is 1. The molecule has 3 heteroatoms. The molecule has 1 fully saturated rings. The lowest BCUT2D eigenvalue weighted by molar-refractivity contribution is 0.0714. The molecule has 0 aromatic heterocycles. The van der Waals surface area contributed by atoms with Crippen molar-refractivity contribution in [2.24, 2.45) is 4.99 Å². The van der Waals surface area contributed by atoms with Gasteiger partial charge in [-0.25, -0.2) is 4.99 Å². The SMILES string of the molecule is C=NC(=C)N1CC(C)(O)CC1(C)C. The molecule has 1 rings (SSSR count). The van der Waals surface area contributed by atoms with E-state index in [1.165, 1.54) is 0 Å². The van der Waals surface area contributed by atoms with Crippen molar-refractivity contribution >= 4 is 6.72 Å². The fourth-order valence-electron chi connectivity index (χ4n) is 2.16. The first-order chi connectivity index (χ1) is 5.78. The Morgan fingerprint density at radius 3 is 2.31 bits per heavy atom. The lowest BCUT2D eigenvalue weighted by Crippen LogP contribution is -2.36. The summed E-state index contributed by atoms with van der Waals surface area (Å²) in [5.41, 5.74) is -0.723. The highest BCUT2D eigenvalue weighted by Gasteiger charge is 2.44. The molecule has 1 unspecified atom stereocenters. The van der Waals surface area contributed by atoms with Gasteiger partial charge in [-0.2, -0.15) is 0 Å². The molecule has 1 heterocycles. The van der Waals surface area contributed by atoms with E-state index in [1.54, 1.807) is 0 Å². The summed E-state index contributed by atoms with van der Waals surface area (Å²) in [6.45, 7) is 13.8. The van der Waals surface area contributed by atoms with Crippen LogP contribution in [0.4, 0.5) is 0 Å². The fraction of sp³-hybridized carbons (Fsp3) is 0.700. The van der Waals surface area contributed by atoms with E-state index in [9.17, 15) is 5.11 Å². The van der Waals surface area contributed by atoms with Gasteiger partial charge < -0.3 is 10.0 Å². The molecule has 0 aliphatic carbocycles. The highest BCUT2D eigenvalue weighted by Crippen LogP contribution is 2.37. The molecule has 0 radical (unpaired) electrons. The van der Waals surface area contributed by atoms with Crippen molar-refractivity contribution in [3.63, 3.8) is 0 Å². The third-order valence-electron chi connectivity index (χ3n) is 2.54. The van der Waals surface area contributed by atoms with Gasteiger partial charge >= 0.3 is 0 Å². The maximum atomic E-state index is 9.90. The van der Waals surface area contributed by atoms with Crippen molar-refractivity contribution in [3.05, 3.63) is 12.4 Å². The molecule has 0 aromatic carbocycles. The van der Waals surface area contributed by atoms with Crippen LogP contribution in [0.3, 0.4) is 0 Å². The van der Waals surface area contributed by atoms with Gasteiger partial charge in [0.2, 0.25) is 0 Å². The quantitative estimate of drug-likeness (QED) is 0.655. The van der Waals surface area contributed by atoms with Gasteiger partial charge in [-0.3, -0.25) is 0 Å². The smallest absolute Gasteiger partial charge is 0.120 e. The fourth-order valence-corrected chi connectivity index (χ4v) is 2.16. The molecule has 13 heavy (non-hydrogen) atoms. The first-order valence-electron chi connectivity index (χ1n) is 4.44. The summed E-state index contributed by atoms with van der Waals surface area (Å²) < 4.78 is 0. The number of aliphatic imine (C=N–C) groups is 1. The van der Waals surface area contributed by atoms with E-state index in [4.69, 9.17) is 0 Å². The van der Waals surface area contributed by atoms with Crippen molar-refractivity contribution in [2.45, 2.75) is 38.3 Å². The summed E-state index contributed by atoms with van der Waals surface area (Å²) in [5.74, 6) is 0.641. The van der Waals surface area contributed by atoms with Crippen LogP contribution in [0.25, 0.3) is 0 Å². The van der Waals surface area contributed by atoms with Crippen LogP contribution in [-0.2, 0) is 0 Å². The third kappa shape index (κ3) is 1.91. The molecule has 1 N–H and O–H groups in total. The molecule has 1 aliphatic rings. The number of rotatable bonds is 2. The summed E-state index contributed by atoms with van der Waals surface area (Å²) in [6.07, 6.45) is 0.731. The molecule has 3 nitrogen and oxygen atoms in total. The largest absolute Gasteiger partial charge is 0.388 e. The lowest BCUT2D eigenvalue weighted by Gasteiger charge is -2.32. The summed E-state index contributed by atoms with van der Waals surface area (Å²) in [4.78, 5) is 5.80. The number of likely N-dealkylation sites (tertiary alicyclic amines) is 1. The lowest BCUT2D eigenvalue weighted by atomic mass is 9.95. The van der Waals surface area contributed by atoms with Gasteiger partial charge in [0.25, 0.3) is 0 Å². The highest BCUT2D eigenvalue weighted by molar-refractivity contribution is 5.28. The normalized spacial score (nSPS) is 31.8. The van der Waals surface area contributed by atoms with Gasteiger partial charge in [0.15, 0.2) is 0 Å². The first-order valence-corrected chi connectivity index (χ1v) is 4.44. The van der Waals surface area contributed by atoms with Gasteiger partial charge in [-0.1, -0.05) is 6.58 Å². The van der Waals surface area contributed by atoms with Gasteiger partial charge in [0.1, 0.15) is 5.82 Å². The molecular weight excluding hydrogens is 164 g/mol. The minimum Gasteiger partial charge on any atom is -0.388 e. The van der Waals surface area contributed by atoms with Crippen LogP contribution in [0.2, 0.25) is 0 Å². The van der Waals surface area contributed by atoms with Gasteiger partial charge in [0, 0.05) is 18.5 Å². The van der Waals surface area contributed by atoms with E-state index in [2.05, 4.69) is 32.1 Å². The molecule has 1 aliphatic heterocycles. The molecule has 74 valence electrons. The van der Waals surface area contributed by atoms with Crippen molar-refractivity contribution < 1.29 is 5.11 Å². The molecular formula is C10H18N2O. The number of β-amino-alcohol motifs (C(OH)–C–C–N with tert-alkyl or cyclic N) is 1. The maximum absolute atomic E-state index is 9.90. The summed E-state index contributed by atoms with van der Waals surface area (Å²) in [7, 11) is 0. The van der Waals surface area contributed by atoms with E-state index in [0.717, 1.165) is 6.42 Å². The van der Waals surface area contributed by atoms with Crippen molar-refractivity contribution in [3.8, 4) is 0 Å². The zero-order valence-corrected chi connectivity index (χ0v) is 8.67. The second kappa shape index (κ2) is 2.84. The molecule has 1 atom stereocenters. The Bertz CT molecular complexity index is 243. The molecule has 0 bridgehead atoms. The highest BCUT2D eigenvalue weighted by atomic mass is 16.3. The van der Waals surface area contributed by atoms with Crippen LogP contribution in [0.15, 0.2) is 17.4 Å². The standard InChI is InChI=1S/C10H18N2O/c1-8(11-5)12-7-10(4,13)6-9(12,2)3/h13H,1,5-7H2,2-4H3. The van der Waals surface area contributed by atoms with E-state index < -0.39 is 5.60 Å². The van der Waals surface area contributed by atoms with Crippen LogP contribution in [-0.4, -0.2) is 34.4 Å². The maximum Gasteiger partial charge on any atom is 0.120 e. The van der Waals surface area contributed by atoms with Gasteiger partial charge in [-0.05, 0) is 27.5 Å². The molecule has 0 aromatic rings. The van der Waals surface area contributed by atoms with E-state index >= 15 is 0 Å². The first kappa shape index (κ1) is 10.3. The molecule has 1 saturated heterocycles. The minimum atomic E-state index is -0.642. The summed E-state index contributed by atoms with van der Waals surface area (Å²) in [5, 5.41) is 9.90. The van der Waals surface area contributed by atoms with Gasteiger partial charge in [0.05, 0.1) is 5.60 Å². The van der Waals surface area contributed by atoms with Gasteiger partial charge in [-0.15, -0.1) is 0 Å². The predicted octanol–water partition coefficient (Wildman–Crippen LogP) is 1.39. The second-order valence-electron chi connectivity index (χ2n) is 4.65. The van der Waals surface area contributed by atoms with Crippen LogP contribution >= 0.6 is 0 Å². The average molecular weight is 182 g/mol. The topological polar surface area (TPSA) is 35.8 Å². The van der Waals surface area contributed by atoms with E-state index in [0.29, 0.717) is 12.4 Å². The Balaban J connectivity index is 2.88. The Hall–Kier alpha value is -0.830. The Labute approximate surface area is 79.8 Å². The summed E-state index contributed by atoms with van der Waals surface area (Å²) in [6, 6.07) is 0. The molecule has 0 amide bonds.